The number of hydrogen-bond donors (Lipinski definition) is 0. The molecule has 0 atom stereocenters. The maximum atomic E-state index is 8.60. The van der Waals surface area contributed by atoms with Crippen molar-refractivity contribution in [3.63, 3.8) is 0 Å². The van der Waals surface area contributed by atoms with Crippen LogP contribution in [-0.4, -0.2) is 49.1 Å². The Kier molecular flexibility index (Phi) is 4.56. The number of nitriles is 1. The lowest BCUT2D eigenvalue weighted by atomic mass is 9.89. The maximum Gasteiger partial charge on any atom is 0.0866 e. The molecule has 0 amide bonds. The second-order valence-corrected chi connectivity index (χ2v) is 5.12. The molecule has 1 radical (unpaired) electrons. The monoisotopic (exact) mass is 208 g/mol. The van der Waals surface area contributed by atoms with Gasteiger partial charge in [0.2, 0.25) is 0 Å². The number of rotatable bonds is 4. The molecule has 1 heterocycles. The molecule has 0 saturated carbocycles. The van der Waals surface area contributed by atoms with E-state index in [1.54, 1.807) is 0 Å². The van der Waals surface area contributed by atoms with Crippen molar-refractivity contribution in [1.82, 2.24) is 9.80 Å². The Morgan fingerprint density at radius 1 is 1.20 bits per heavy atom. The molecule has 1 aliphatic rings. The fourth-order valence-electron chi connectivity index (χ4n) is 1.89. The Bertz CT molecular complexity index is 222. The summed E-state index contributed by atoms with van der Waals surface area (Å²) in [6, 6.07) is 2.21. The fraction of sp³-hybridized carbons (Fsp3) is 0.833. The van der Waals surface area contributed by atoms with Gasteiger partial charge in [-0.05, 0) is 11.8 Å². The van der Waals surface area contributed by atoms with Crippen molar-refractivity contribution < 1.29 is 0 Å². The van der Waals surface area contributed by atoms with Gasteiger partial charge in [-0.25, -0.2) is 0 Å². The molecular formula is C12H22N3. The Balaban J connectivity index is 2.29. The van der Waals surface area contributed by atoms with Crippen molar-refractivity contribution in [2.75, 3.05) is 39.3 Å². The summed E-state index contributed by atoms with van der Waals surface area (Å²) in [6.07, 6.45) is 0.978. The molecule has 15 heavy (non-hydrogen) atoms. The minimum absolute atomic E-state index is 0.317. The van der Waals surface area contributed by atoms with Crippen molar-refractivity contribution >= 4 is 0 Å². The van der Waals surface area contributed by atoms with E-state index < -0.39 is 0 Å². The van der Waals surface area contributed by atoms with Gasteiger partial charge in [-0.2, -0.15) is 5.26 Å². The largest absolute Gasteiger partial charge is 0.300 e. The highest BCUT2D eigenvalue weighted by Crippen LogP contribution is 2.21. The van der Waals surface area contributed by atoms with Crippen molar-refractivity contribution in [3.8, 4) is 6.07 Å². The first-order valence-corrected chi connectivity index (χ1v) is 5.68. The second-order valence-electron chi connectivity index (χ2n) is 5.12. The third-order valence-corrected chi connectivity index (χ3v) is 3.09. The quantitative estimate of drug-likeness (QED) is 0.654. The third-order valence-electron chi connectivity index (χ3n) is 3.09. The first-order valence-electron chi connectivity index (χ1n) is 5.68. The smallest absolute Gasteiger partial charge is 0.0866 e. The molecule has 85 valence electrons. The first kappa shape index (κ1) is 12.5. The molecule has 0 aromatic rings. The SMILES string of the molecule is [CH2]CC(C)(C)CN1CCN(CC#N)CC1. The predicted molar refractivity (Wildman–Crippen MR) is 62.2 cm³/mol. The van der Waals surface area contributed by atoms with Crippen LogP contribution in [0.25, 0.3) is 0 Å². The van der Waals surface area contributed by atoms with Gasteiger partial charge in [0.1, 0.15) is 0 Å². The molecule has 0 unspecified atom stereocenters. The van der Waals surface area contributed by atoms with E-state index in [4.69, 9.17) is 5.26 Å². The van der Waals surface area contributed by atoms with Gasteiger partial charge in [0, 0.05) is 32.7 Å². The van der Waals surface area contributed by atoms with Crippen LogP contribution in [0.5, 0.6) is 0 Å². The van der Waals surface area contributed by atoms with E-state index in [1.165, 1.54) is 0 Å². The summed E-state index contributed by atoms with van der Waals surface area (Å²) in [4.78, 5) is 4.70. The normalized spacial score (nSPS) is 20.1. The van der Waals surface area contributed by atoms with Crippen molar-refractivity contribution in [2.45, 2.75) is 20.3 Å². The van der Waals surface area contributed by atoms with Crippen LogP contribution in [0.1, 0.15) is 20.3 Å². The summed E-state index contributed by atoms with van der Waals surface area (Å²) in [6.45, 7) is 14.4. The van der Waals surface area contributed by atoms with E-state index in [-0.39, 0.29) is 0 Å². The highest BCUT2D eigenvalue weighted by Gasteiger charge is 2.23. The van der Waals surface area contributed by atoms with Gasteiger partial charge in [0.25, 0.3) is 0 Å². The number of piperazine rings is 1. The molecule has 1 fully saturated rings. The Morgan fingerprint density at radius 2 is 1.73 bits per heavy atom. The molecule has 1 rings (SSSR count). The summed E-state index contributed by atoms with van der Waals surface area (Å²) >= 11 is 0. The minimum atomic E-state index is 0.317. The van der Waals surface area contributed by atoms with Gasteiger partial charge in [-0.1, -0.05) is 20.8 Å². The van der Waals surface area contributed by atoms with Crippen molar-refractivity contribution in [3.05, 3.63) is 6.92 Å². The van der Waals surface area contributed by atoms with E-state index in [2.05, 4.69) is 36.6 Å². The lowest BCUT2D eigenvalue weighted by Crippen LogP contribution is -2.48. The molecule has 1 saturated heterocycles. The predicted octanol–water partition coefficient (Wildman–Crippen LogP) is 1.38. The van der Waals surface area contributed by atoms with E-state index in [9.17, 15) is 0 Å². The Labute approximate surface area is 93.7 Å². The van der Waals surface area contributed by atoms with Crippen LogP contribution in [-0.2, 0) is 0 Å². The Morgan fingerprint density at radius 3 is 2.20 bits per heavy atom. The third kappa shape index (κ3) is 4.19. The van der Waals surface area contributed by atoms with Crippen molar-refractivity contribution in [1.29, 1.82) is 5.26 Å². The summed E-state index contributed by atoms with van der Waals surface area (Å²) in [7, 11) is 0. The van der Waals surface area contributed by atoms with Gasteiger partial charge in [-0.15, -0.1) is 0 Å². The zero-order valence-electron chi connectivity index (χ0n) is 10.00. The summed E-state index contributed by atoms with van der Waals surface area (Å²) < 4.78 is 0. The van der Waals surface area contributed by atoms with Gasteiger partial charge in [0.15, 0.2) is 0 Å². The maximum absolute atomic E-state index is 8.60. The molecule has 0 bridgehead atoms. The van der Waals surface area contributed by atoms with Crippen LogP contribution >= 0.6 is 0 Å². The molecule has 0 N–H and O–H groups in total. The fourth-order valence-corrected chi connectivity index (χ4v) is 1.89. The highest BCUT2D eigenvalue weighted by atomic mass is 15.3. The lowest BCUT2D eigenvalue weighted by molar-refractivity contribution is 0.105. The van der Waals surface area contributed by atoms with E-state index in [0.717, 1.165) is 39.1 Å². The van der Waals surface area contributed by atoms with E-state index >= 15 is 0 Å². The molecule has 0 aromatic heterocycles. The zero-order chi connectivity index (χ0) is 11.3. The summed E-state index contributed by atoms with van der Waals surface area (Å²) in [5.74, 6) is 0. The number of nitrogens with zero attached hydrogens (tertiary/aromatic N) is 3. The van der Waals surface area contributed by atoms with Crippen LogP contribution in [0, 0.1) is 23.7 Å². The molecular weight excluding hydrogens is 186 g/mol. The minimum Gasteiger partial charge on any atom is -0.300 e. The summed E-state index contributed by atoms with van der Waals surface area (Å²) in [5, 5.41) is 8.60. The molecule has 0 aliphatic carbocycles. The lowest BCUT2D eigenvalue weighted by Gasteiger charge is -2.37. The van der Waals surface area contributed by atoms with Gasteiger partial charge in [0.05, 0.1) is 12.6 Å². The van der Waals surface area contributed by atoms with Crippen LogP contribution in [0.3, 0.4) is 0 Å². The summed E-state index contributed by atoms with van der Waals surface area (Å²) in [5.41, 5.74) is 0.317. The zero-order valence-corrected chi connectivity index (χ0v) is 10.00. The molecule has 0 aromatic carbocycles. The average molecular weight is 208 g/mol. The van der Waals surface area contributed by atoms with E-state index in [0.29, 0.717) is 12.0 Å². The van der Waals surface area contributed by atoms with Crippen LogP contribution < -0.4 is 0 Å². The van der Waals surface area contributed by atoms with Gasteiger partial charge in [-0.3, -0.25) is 4.90 Å². The topological polar surface area (TPSA) is 30.3 Å². The van der Waals surface area contributed by atoms with Gasteiger partial charge < -0.3 is 4.90 Å². The van der Waals surface area contributed by atoms with Crippen LogP contribution in [0.2, 0.25) is 0 Å². The molecule has 3 nitrogen and oxygen atoms in total. The van der Waals surface area contributed by atoms with Gasteiger partial charge >= 0.3 is 0 Å². The Hall–Kier alpha value is -0.590. The second kappa shape index (κ2) is 5.48. The molecule has 1 aliphatic heterocycles. The standard InChI is InChI=1S/C12H22N3/c1-4-12(2,3)11-15-9-7-14(6-5-13)8-10-15/h1,4,6-11H2,2-3H3. The first-order chi connectivity index (χ1) is 7.07. The van der Waals surface area contributed by atoms with Crippen LogP contribution in [0.15, 0.2) is 0 Å². The van der Waals surface area contributed by atoms with E-state index in [1.807, 2.05) is 0 Å². The van der Waals surface area contributed by atoms with Crippen molar-refractivity contribution in [2.24, 2.45) is 5.41 Å². The highest BCUT2D eigenvalue weighted by molar-refractivity contribution is 4.83. The number of hydrogen-bond acceptors (Lipinski definition) is 3. The molecule has 0 spiro atoms. The molecule has 3 heteroatoms. The average Bonchev–Trinajstić information content (AvgIpc) is 2.21. The van der Waals surface area contributed by atoms with Crippen LogP contribution in [0.4, 0.5) is 0 Å².